The van der Waals surface area contributed by atoms with Gasteiger partial charge in [0.15, 0.2) is 0 Å². The van der Waals surface area contributed by atoms with E-state index in [0.29, 0.717) is 6.92 Å². The van der Waals surface area contributed by atoms with Crippen LogP contribution in [-0.4, -0.2) is 22.2 Å². The number of carbonyl (C=O) groups is 1. The number of carboxylic acids is 1. The maximum atomic E-state index is 12.0. The minimum atomic E-state index is -2.95. The molecule has 0 saturated heterocycles. The predicted octanol–water partition coefficient (Wildman–Crippen LogP) is 1.41. The number of hydrogen-bond donors (Lipinski definition) is 2. The summed E-state index contributed by atoms with van der Waals surface area (Å²) in [7, 11) is 0. The van der Waals surface area contributed by atoms with Crippen molar-refractivity contribution in [3.63, 3.8) is 0 Å². The SMILES string of the molecule is CC(F)(F)C[C@@H](S)C(=O)O. The smallest absolute Gasteiger partial charge is 0.316 e. The molecular weight excluding hydrogens is 162 g/mol. The number of thiol groups is 1. The van der Waals surface area contributed by atoms with Crippen molar-refractivity contribution in [3.05, 3.63) is 0 Å². The largest absolute Gasteiger partial charge is 0.480 e. The van der Waals surface area contributed by atoms with Crippen LogP contribution in [0.15, 0.2) is 0 Å². The van der Waals surface area contributed by atoms with Crippen LogP contribution in [0.5, 0.6) is 0 Å². The van der Waals surface area contributed by atoms with E-state index in [1.807, 2.05) is 0 Å². The molecular formula is C5H8F2O2S. The fourth-order valence-electron chi connectivity index (χ4n) is 0.427. The molecule has 0 radical (unpaired) electrons. The third-order valence-corrected chi connectivity index (χ3v) is 1.24. The van der Waals surface area contributed by atoms with Crippen LogP contribution in [0.4, 0.5) is 8.78 Å². The fraction of sp³-hybridized carbons (Fsp3) is 0.800. The molecule has 0 aliphatic heterocycles. The Morgan fingerprint density at radius 1 is 1.80 bits per heavy atom. The first-order valence-electron chi connectivity index (χ1n) is 2.61. The van der Waals surface area contributed by atoms with Crippen molar-refractivity contribution in [2.24, 2.45) is 0 Å². The Bertz CT molecular complexity index is 132. The molecule has 0 spiro atoms. The number of halogens is 2. The van der Waals surface area contributed by atoms with Gasteiger partial charge in [-0.1, -0.05) is 0 Å². The van der Waals surface area contributed by atoms with Crippen LogP contribution >= 0.6 is 12.6 Å². The topological polar surface area (TPSA) is 37.3 Å². The molecule has 0 aromatic carbocycles. The molecule has 0 aliphatic rings. The van der Waals surface area contributed by atoms with Gasteiger partial charge in [0.1, 0.15) is 5.25 Å². The van der Waals surface area contributed by atoms with Crippen LogP contribution in [0.25, 0.3) is 0 Å². The van der Waals surface area contributed by atoms with E-state index >= 15 is 0 Å². The van der Waals surface area contributed by atoms with Crippen molar-refractivity contribution >= 4 is 18.6 Å². The molecule has 0 aromatic rings. The van der Waals surface area contributed by atoms with Crippen LogP contribution in [0.2, 0.25) is 0 Å². The van der Waals surface area contributed by atoms with Crippen LogP contribution in [-0.2, 0) is 4.79 Å². The van der Waals surface area contributed by atoms with Gasteiger partial charge in [-0.15, -0.1) is 0 Å². The van der Waals surface area contributed by atoms with E-state index in [1.165, 1.54) is 0 Å². The average Bonchev–Trinajstić information content (AvgIpc) is 1.60. The fourth-order valence-corrected chi connectivity index (χ4v) is 0.747. The van der Waals surface area contributed by atoms with E-state index in [4.69, 9.17) is 5.11 Å². The first-order valence-corrected chi connectivity index (χ1v) is 3.13. The Hall–Kier alpha value is -0.320. The Morgan fingerprint density at radius 2 is 2.20 bits per heavy atom. The summed E-state index contributed by atoms with van der Waals surface area (Å²) in [5.74, 6) is -4.27. The molecule has 0 fully saturated rings. The highest BCUT2D eigenvalue weighted by atomic mass is 32.1. The molecule has 1 atom stereocenters. The van der Waals surface area contributed by atoms with E-state index in [1.54, 1.807) is 0 Å². The highest BCUT2D eigenvalue weighted by Gasteiger charge is 2.28. The highest BCUT2D eigenvalue weighted by Crippen LogP contribution is 2.21. The van der Waals surface area contributed by atoms with E-state index < -0.39 is 23.6 Å². The van der Waals surface area contributed by atoms with Crippen molar-refractivity contribution in [1.82, 2.24) is 0 Å². The Morgan fingerprint density at radius 3 is 2.30 bits per heavy atom. The van der Waals surface area contributed by atoms with E-state index in [9.17, 15) is 13.6 Å². The van der Waals surface area contributed by atoms with Crippen molar-refractivity contribution in [1.29, 1.82) is 0 Å². The van der Waals surface area contributed by atoms with Gasteiger partial charge in [-0.25, -0.2) is 8.78 Å². The molecule has 0 aromatic heterocycles. The lowest BCUT2D eigenvalue weighted by atomic mass is 10.2. The van der Waals surface area contributed by atoms with Gasteiger partial charge in [-0.2, -0.15) is 12.6 Å². The molecule has 2 nitrogen and oxygen atoms in total. The van der Waals surface area contributed by atoms with Gasteiger partial charge in [0, 0.05) is 6.42 Å². The number of hydrogen-bond acceptors (Lipinski definition) is 2. The maximum absolute atomic E-state index is 12.0. The minimum Gasteiger partial charge on any atom is -0.480 e. The second kappa shape index (κ2) is 3.18. The summed E-state index contributed by atoms with van der Waals surface area (Å²) in [6.07, 6.45) is -0.731. The quantitative estimate of drug-likeness (QED) is 0.628. The number of aliphatic carboxylic acids is 1. The molecule has 0 unspecified atom stereocenters. The average molecular weight is 170 g/mol. The summed E-state index contributed by atoms with van der Waals surface area (Å²) in [4.78, 5) is 9.97. The zero-order chi connectivity index (χ0) is 8.36. The second-order valence-electron chi connectivity index (χ2n) is 2.13. The lowest BCUT2D eigenvalue weighted by Gasteiger charge is -2.11. The summed E-state index contributed by atoms with van der Waals surface area (Å²) < 4.78 is 24.0. The molecule has 5 heteroatoms. The van der Waals surface area contributed by atoms with Gasteiger partial charge in [-0.05, 0) is 6.92 Å². The summed E-state index contributed by atoms with van der Waals surface area (Å²) in [5, 5.41) is 6.86. The van der Waals surface area contributed by atoms with Crippen LogP contribution in [0.1, 0.15) is 13.3 Å². The second-order valence-corrected chi connectivity index (χ2v) is 2.75. The van der Waals surface area contributed by atoms with Crippen molar-refractivity contribution in [2.75, 3.05) is 0 Å². The van der Waals surface area contributed by atoms with Gasteiger partial charge in [0.05, 0.1) is 0 Å². The lowest BCUT2D eigenvalue weighted by Crippen LogP contribution is -2.23. The highest BCUT2D eigenvalue weighted by molar-refractivity contribution is 7.81. The van der Waals surface area contributed by atoms with Crippen LogP contribution in [0.3, 0.4) is 0 Å². The van der Waals surface area contributed by atoms with E-state index in [-0.39, 0.29) is 0 Å². The monoisotopic (exact) mass is 170 g/mol. The standard InChI is InChI=1S/C5H8F2O2S/c1-5(6,7)2-3(10)4(8)9/h3,10H,2H2,1H3,(H,8,9)/t3-/m1/s1. The molecule has 0 heterocycles. The summed E-state index contributed by atoms with van der Waals surface area (Å²) in [6, 6.07) is 0. The normalized spacial score (nSPS) is 14.8. The van der Waals surface area contributed by atoms with E-state index in [2.05, 4.69) is 12.6 Å². The third kappa shape index (κ3) is 4.55. The Kier molecular flexibility index (Phi) is 3.08. The summed E-state index contributed by atoms with van der Waals surface area (Å²) >= 11 is 3.44. The van der Waals surface area contributed by atoms with Gasteiger partial charge in [-0.3, -0.25) is 4.79 Å². The summed E-state index contributed by atoms with van der Waals surface area (Å²) in [5.41, 5.74) is 0. The Balaban J connectivity index is 3.80. The lowest BCUT2D eigenvalue weighted by molar-refractivity contribution is -0.138. The van der Waals surface area contributed by atoms with Crippen LogP contribution < -0.4 is 0 Å². The molecule has 0 bridgehead atoms. The molecule has 0 rings (SSSR count). The van der Waals surface area contributed by atoms with Crippen LogP contribution in [0, 0.1) is 0 Å². The summed E-state index contributed by atoms with van der Waals surface area (Å²) in [6.45, 7) is 0.666. The zero-order valence-corrected chi connectivity index (χ0v) is 6.24. The predicted molar refractivity (Wildman–Crippen MR) is 35.6 cm³/mol. The first-order chi connectivity index (χ1) is 4.33. The third-order valence-electron chi connectivity index (χ3n) is 0.837. The number of carboxylic acid groups (broad SMARTS) is 1. The van der Waals surface area contributed by atoms with Gasteiger partial charge in [0.2, 0.25) is 5.92 Å². The number of alkyl halides is 2. The number of rotatable bonds is 3. The molecule has 60 valence electrons. The van der Waals surface area contributed by atoms with Crippen molar-refractivity contribution in [3.8, 4) is 0 Å². The van der Waals surface area contributed by atoms with Crippen molar-refractivity contribution in [2.45, 2.75) is 24.5 Å². The zero-order valence-electron chi connectivity index (χ0n) is 5.34. The van der Waals surface area contributed by atoms with Crippen molar-refractivity contribution < 1.29 is 18.7 Å². The molecule has 10 heavy (non-hydrogen) atoms. The molecule has 1 N–H and O–H groups in total. The maximum Gasteiger partial charge on any atom is 0.316 e. The first kappa shape index (κ1) is 9.68. The van der Waals surface area contributed by atoms with Gasteiger partial charge in [0.25, 0.3) is 0 Å². The Labute approximate surface area is 62.6 Å². The molecule has 0 aliphatic carbocycles. The molecule has 0 amide bonds. The molecule has 0 saturated carbocycles. The minimum absolute atomic E-state index is 0.666. The van der Waals surface area contributed by atoms with E-state index in [0.717, 1.165) is 0 Å². The van der Waals surface area contributed by atoms with Gasteiger partial charge >= 0.3 is 5.97 Å². The van der Waals surface area contributed by atoms with Gasteiger partial charge < -0.3 is 5.11 Å².